The Balaban J connectivity index is 2.14. The fourth-order valence-corrected chi connectivity index (χ4v) is 2.69. The van der Waals surface area contributed by atoms with E-state index in [1.165, 1.54) is 0 Å². The van der Waals surface area contributed by atoms with Crippen molar-refractivity contribution in [1.29, 1.82) is 0 Å². The molecule has 1 saturated carbocycles. The molecule has 1 rings (SSSR count). The van der Waals surface area contributed by atoms with Crippen molar-refractivity contribution in [3.05, 3.63) is 0 Å². The Morgan fingerprint density at radius 3 is 2.88 bits per heavy atom. The molecule has 3 heteroatoms. The largest absolute Gasteiger partial charge is 0.393 e. The summed E-state index contributed by atoms with van der Waals surface area (Å²) in [6.07, 6.45) is 6.77. The molecule has 0 aromatic heterocycles. The fourth-order valence-electron chi connectivity index (χ4n) is 2.69. The smallest absolute Gasteiger partial charge is 0.220 e. The first-order chi connectivity index (χ1) is 8.11. The molecule has 2 N–H and O–H groups in total. The van der Waals surface area contributed by atoms with Crippen LogP contribution in [0.1, 0.15) is 58.8 Å². The lowest BCUT2D eigenvalue weighted by atomic mass is 9.87. The zero-order chi connectivity index (χ0) is 12.7. The zero-order valence-electron chi connectivity index (χ0n) is 11.2. The van der Waals surface area contributed by atoms with Gasteiger partial charge in [0.25, 0.3) is 0 Å². The number of hydrogen-bond acceptors (Lipinski definition) is 2. The van der Waals surface area contributed by atoms with Gasteiger partial charge in [-0.3, -0.25) is 4.79 Å². The second kappa shape index (κ2) is 7.70. The molecular weight excluding hydrogens is 214 g/mol. The Labute approximate surface area is 105 Å². The molecule has 0 aromatic carbocycles. The SMILES string of the molecule is CCCC(C)CC(=O)NCC1CCCC(O)C1. The molecule has 1 fully saturated rings. The van der Waals surface area contributed by atoms with Crippen molar-refractivity contribution in [3.63, 3.8) is 0 Å². The summed E-state index contributed by atoms with van der Waals surface area (Å²) in [4.78, 5) is 11.7. The van der Waals surface area contributed by atoms with E-state index in [4.69, 9.17) is 0 Å². The van der Waals surface area contributed by atoms with Crippen LogP contribution in [0.3, 0.4) is 0 Å². The van der Waals surface area contributed by atoms with Crippen LogP contribution in [0.25, 0.3) is 0 Å². The summed E-state index contributed by atoms with van der Waals surface area (Å²) in [6.45, 7) is 5.03. The third-order valence-electron chi connectivity index (χ3n) is 3.66. The van der Waals surface area contributed by atoms with E-state index in [2.05, 4.69) is 19.2 Å². The monoisotopic (exact) mass is 241 g/mol. The molecule has 0 bridgehead atoms. The standard InChI is InChI=1S/C14H27NO2/c1-3-5-11(2)8-14(17)15-10-12-6-4-7-13(16)9-12/h11-13,16H,3-10H2,1-2H3,(H,15,17). The van der Waals surface area contributed by atoms with Crippen LogP contribution in [0.2, 0.25) is 0 Å². The summed E-state index contributed by atoms with van der Waals surface area (Å²) >= 11 is 0. The predicted molar refractivity (Wildman–Crippen MR) is 69.7 cm³/mol. The van der Waals surface area contributed by atoms with Crippen molar-refractivity contribution in [2.45, 2.75) is 64.9 Å². The molecular formula is C14H27NO2. The van der Waals surface area contributed by atoms with Gasteiger partial charge >= 0.3 is 0 Å². The Kier molecular flexibility index (Phi) is 6.56. The normalized spacial score (nSPS) is 26.5. The van der Waals surface area contributed by atoms with Crippen molar-refractivity contribution < 1.29 is 9.90 Å². The van der Waals surface area contributed by atoms with E-state index in [9.17, 15) is 9.90 Å². The molecule has 100 valence electrons. The number of carbonyl (C=O) groups excluding carboxylic acids is 1. The van der Waals surface area contributed by atoms with Gasteiger partial charge in [0, 0.05) is 13.0 Å². The van der Waals surface area contributed by atoms with Crippen LogP contribution >= 0.6 is 0 Å². The van der Waals surface area contributed by atoms with Gasteiger partial charge < -0.3 is 10.4 Å². The van der Waals surface area contributed by atoms with Crippen molar-refractivity contribution >= 4 is 5.91 Å². The molecule has 0 heterocycles. The molecule has 0 aliphatic heterocycles. The molecule has 0 aromatic rings. The van der Waals surface area contributed by atoms with Crippen LogP contribution in [0.15, 0.2) is 0 Å². The van der Waals surface area contributed by atoms with Gasteiger partial charge in [0.2, 0.25) is 5.91 Å². The number of carbonyl (C=O) groups is 1. The summed E-state index contributed by atoms with van der Waals surface area (Å²) in [5, 5.41) is 12.6. The fraction of sp³-hybridized carbons (Fsp3) is 0.929. The second-order valence-corrected chi connectivity index (χ2v) is 5.59. The number of rotatable bonds is 6. The average Bonchev–Trinajstić information content (AvgIpc) is 2.27. The van der Waals surface area contributed by atoms with E-state index < -0.39 is 0 Å². The molecule has 0 spiro atoms. The molecule has 3 nitrogen and oxygen atoms in total. The highest BCUT2D eigenvalue weighted by Crippen LogP contribution is 2.23. The van der Waals surface area contributed by atoms with E-state index in [-0.39, 0.29) is 12.0 Å². The molecule has 1 aliphatic carbocycles. The highest BCUT2D eigenvalue weighted by Gasteiger charge is 2.20. The van der Waals surface area contributed by atoms with Crippen molar-refractivity contribution in [3.8, 4) is 0 Å². The maximum absolute atomic E-state index is 11.7. The number of nitrogens with one attached hydrogen (secondary N) is 1. The summed E-state index contributed by atoms with van der Waals surface area (Å²) in [5.74, 6) is 1.13. The van der Waals surface area contributed by atoms with Crippen molar-refractivity contribution in [2.75, 3.05) is 6.54 Å². The van der Waals surface area contributed by atoms with E-state index in [0.717, 1.165) is 45.1 Å². The molecule has 0 saturated heterocycles. The van der Waals surface area contributed by atoms with Gasteiger partial charge in [0.1, 0.15) is 0 Å². The van der Waals surface area contributed by atoms with Crippen LogP contribution in [0, 0.1) is 11.8 Å². The lowest BCUT2D eigenvalue weighted by Crippen LogP contribution is -2.33. The van der Waals surface area contributed by atoms with E-state index in [0.29, 0.717) is 18.3 Å². The summed E-state index contributed by atoms with van der Waals surface area (Å²) in [7, 11) is 0. The van der Waals surface area contributed by atoms with Crippen molar-refractivity contribution in [1.82, 2.24) is 5.32 Å². The van der Waals surface area contributed by atoms with Crippen LogP contribution in [0.4, 0.5) is 0 Å². The minimum Gasteiger partial charge on any atom is -0.393 e. The van der Waals surface area contributed by atoms with Crippen LogP contribution < -0.4 is 5.32 Å². The highest BCUT2D eigenvalue weighted by atomic mass is 16.3. The molecule has 3 unspecified atom stereocenters. The minimum atomic E-state index is -0.148. The maximum atomic E-state index is 11.7. The minimum absolute atomic E-state index is 0.148. The van der Waals surface area contributed by atoms with Gasteiger partial charge in [-0.05, 0) is 31.1 Å². The van der Waals surface area contributed by atoms with Crippen LogP contribution in [-0.4, -0.2) is 23.7 Å². The average molecular weight is 241 g/mol. The van der Waals surface area contributed by atoms with Gasteiger partial charge in [0.05, 0.1) is 6.10 Å². The zero-order valence-corrected chi connectivity index (χ0v) is 11.2. The quantitative estimate of drug-likeness (QED) is 0.750. The molecule has 1 aliphatic rings. The summed E-state index contributed by atoms with van der Waals surface area (Å²) in [6, 6.07) is 0. The van der Waals surface area contributed by atoms with Gasteiger partial charge in [0.15, 0.2) is 0 Å². The van der Waals surface area contributed by atoms with Gasteiger partial charge in [-0.15, -0.1) is 0 Å². The van der Waals surface area contributed by atoms with Gasteiger partial charge in [-0.1, -0.05) is 33.1 Å². The second-order valence-electron chi connectivity index (χ2n) is 5.59. The van der Waals surface area contributed by atoms with E-state index in [1.54, 1.807) is 0 Å². The van der Waals surface area contributed by atoms with Crippen LogP contribution in [-0.2, 0) is 4.79 Å². The number of hydrogen-bond donors (Lipinski definition) is 2. The van der Waals surface area contributed by atoms with Crippen molar-refractivity contribution in [2.24, 2.45) is 11.8 Å². The Bertz CT molecular complexity index is 230. The Morgan fingerprint density at radius 2 is 2.24 bits per heavy atom. The van der Waals surface area contributed by atoms with E-state index in [1.807, 2.05) is 0 Å². The molecule has 1 amide bonds. The van der Waals surface area contributed by atoms with Gasteiger partial charge in [-0.25, -0.2) is 0 Å². The topological polar surface area (TPSA) is 49.3 Å². The van der Waals surface area contributed by atoms with Crippen LogP contribution in [0.5, 0.6) is 0 Å². The Hall–Kier alpha value is -0.570. The lowest BCUT2D eigenvalue weighted by molar-refractivity contribution is -0.122. The first-order valence-electron chi connectivity index (χ1n) is 7.06. The van der Waals surface area contributed by atoms with Gasteiger partial charge in [-0.2, -0.15) is 0 Å². The third-order valence-corrected chi connectivity index (χ3v) is 3.66. The molecule has 17 heavy (non-hydrogen) atoms. The van der Waals surface area contributed by atoms with E-state index >= 15 is 0 Å². The summed E-state index contributed by atoms with van der Waals surface area (Å²) in [5.41, 5.74) is 0. The maximum Gasteiger partial charge on any atom is 0.220 e. The number of aliphatic hydroxyl groups is 1. The lowest BCUT2D eigenvalue weighted by Gasteiger charge is -2.26. The molecule has 3 atom stereocenters. The predicted octanol–water partition coefficient (Wildman–Crippen LogP) is 2.48. The molecule has 0 radical (unpaired) electrons. The third kappa shape index (κ3) is 6.06. The Morgan fingerprint density at radius 1 is 1.47 bits per heavy atom. The first kappa shape index (κ1) is 14.5. The first-order valence-corrected chi connectivity index (χ1v) is 7.06. The summed E-state index contributed by atoms with van der Waals surface area (Å²) < 4.78 is 0. The number of aliphatic hydroxyl groups excluding tert-OH is 1. The number of amides is 1. The highest BCUT2D eigenvalue weighted by molar-refractivity contribution is 5.76.